The van der Waals surface area contributed by atoms with Gasteiger partial charge in [-0.3, -0.25) is 15.3 Å². The molecule has 0 aliphatic heterocycles. The summed E-state index contributed by atoms with van der Waals surface area (Å²) in [7, 11) is 2.97. The van der Waals surface area contributed by atoms with Gasteiger partial charge in [-0.15, -0.1) is 0 Å². The Morgan fingerprint density at radius 2 is 1.09 bits per heavy atom. The van der Waals surface area contributed by atoms with Crippen LogP contribution < -0.4 is 27.8 Å². The molecule has 3 aromatic rings. The zero-order valence-electron chi connectivity index (χ0n) is 25.8. The maximum Gasteiger partial charge on any atom is 0.242 e. The summed E-state index contributed by atoms with van der Waals surface area (Å²) in [5, 5.41) is 32.1. The van der Waals surface area contributed by atoms with E-state index >= 15 is 0 Å². The standard InChI is InChI=1S/C11H15FN2O2.C11H16N2O2.C10H14FNO/c1-14-10(16)11(13,7-12)6-8-2-4-9(15)5-3-8;1-11(12,10(15)13-2)7-8-3-5-9(14)6-4-8;1-7(10(2,11)12)8-3-5-9(13)6-4-8/h2-5,15H,6-7,13H2,1H3,(H,14,16);3-6,14H,7,12H2,1-2H3,(H,13,15);3-7,13H,12H2,1-2H3/t;;7-,10-/m..1/s1. The molecule has 12 heteroatoms. The minimum absolute atomic E-state index is 0.0868. The molecule has 0 spiro atoms. The summed E-state index contributed by atoms with van der Waals surface area (Å²) in [5.41, 5.74) is 16.8. The van der Waals surface area contributed by atoms with Crippen molar-refractivity contribution in [3.05, 3.63) is 89.5 Å². The van der Waals surface area contributed by atoms with E-state index in [9.17, 15) is 18.4 Å². The van der Waals surface area contributed by atoms with Crippen molar-refractivity contribution >= 4 is 11.8 Å². The van der Waals surface area contributed by atoms with Gasteiger partial charge in [0.2, 0.25) is 11.8 Å². The summed E-state index contributed by atoms with van der Waals surface area (Å²) in [6, 6.07) is 19.2. The van der Waals surface area contributed by atoms with Crippen LogP contribution >= 0.6 is 0 Å². The number of halogens is 2. The molecule has 0 bridgehead atoms. The van der Waals surface area contributed by atoms with Crippen LogP contribution in [0.25, 0.3) is 0 Å². The number of hydrogen-bond acceptors (Lipinski definition) is 8. The fourth-order valence-electron chi connectivity index (χ4n) is 3.91. The second-order valence-electron chi connectivity index (χ2n) is 11.0. The molecular weight excluding hydrogens is 572 g/mol. The highest BCUT2D eigenvalue weighted by molar-refractivity contribution is 5.86. The number of rotatable bonds is 9. The first-order valence-electron chi connectivity index (χ1n) is 13.8. The molecule has 2 unspecified atom stereocenters. The van der Waals surface area contributed by atoms with Gasteiger partial charge in [0.25, 0.3) is 0 Å². The zero-order chi connectivity index (χ0) is 33.7. The Morgan fingerprint density at radius 1 is 0.727 bits per heavy atom. The van der Waals surface area contributed by atoms with Gasteiger partial charge in [-0.05, 0) is 73.4 Å². The summed E-state index contributed by atoms with van der Waals surface area (Å²) < 4.78 is 26.1. The SMILES string of the molecule is CNC(=O)C(C)(N)Cc1ccc(O)cc1.CNC(=O)C(N)(CF)Cc1ccc(O)cc1.C[C@H](c1ccc(O)cc1)[C@@](C)(N)F. The molecule has 0 aliphatic carbocycles. The highest BCUT2D eigenvalue weighted by Crippen LogP contribution is 2.27. The van der Waals surface area contributed by atoms with E-state index in [-0.39, 0.29) is 35.5 Å². The Kier molecular flexibility index (Phi) is 14.2. The van der Waals surface area contributed by atoms with E-state index in [1.807, 2.05) is 0 Å². The zero-order valence-corrected chi connectivity index (χ0v) is 25.8. The molecule has 0 saturated heterocycles. The van der Waals surface area contributed by atoms with E-state index in [0.717, 1.165) is 11.1 Å². The lowest BCUT2D eigenvalue weighted by Crippen LogP contribution is -2.56. The maximum absolute atomic E-state index is 13.3. The van der Waals surface area contributed by atoms with Crippen molar-refractivity contribution in [2.45, 2.75) is 56.4 Å². The van der Waals surface area contributed by atoms with E-state index in [1.165, 1.54) is 38.2 Å². The van der Waals surface area contributed by atoms with Crippen LogP contribution in [0.1, 0.15) is 43.4 Å². The van der Waals surface area contributed by atoms with Crippen LogP contribution in [0.15, 0.2) is 72.8 Å². The van der Waals surface area contributed by atoms with E-state index in [2.05, 4.69) is 10.6 Å². The number of alkyl halides is 2. The summed E-state index contributed by atoms with van der Waals surface area (Å²) in [4.78, 5) is 22.8. The molecule has 0 aliphatic rings. The topological polar surface area (TPSA) is 197 Å². The summed E-state index contributed by atoms with van der Waals surface area (Å²) in [6.07, 6.45) is 0.524. The second kappa shape index (κ2) is 16.6. The monoisotopic (exact) mass is 617 g/mol. The van der Waals surface area contributed by atoms with Crippen LogP contribution in [0.5, 0.6) is 17.2 Å². The van der Waals surface area contributed by atoms with E-state index < -0.39 is 29.5 Å². The summed E-state index contributed by atoms with van der Waals surface area (Å²) >= 11 is 0. The van der Waals surface area contributed by atoms with Crippen molar-refractivity contribution in [3.8, 4) is 17.2 Å². The molecule has 4 atom stereocenters. The van der Waals surface area contributed by atoms with Crippen molar-refractivity contribution < 1.29 is 33.7 Å². The van der Waals surface area contributed by atoms with E-state index in [0.29, 0.717) is 12.0 Å². The van der Waals surface area contributed by atoms with Crippen LogP contribution in [-0.2, 0) is 22.4 Å². The van der Waals surface area contributed by atoms with Crippen molar-refractivity contribution in [1.29, 1.82) is 0 Å². The number of carbonyl (C=O) groups excluding carboxylic acids is 2. The van der Waals surface area contributed by atoms with Gasteiger partial charge in [0.15, 0.2) is 5.79 Å². The molecule has 2 amide bonds. The number of nitrogens with two attached hydrogens (primary N) is 3. The number of phenols is 3. The lowest BCUT2D eigenvalue weighted by atomic mass is 9.92. The first kappa shape index (κ1) is 37.8. The first-order valence-corrected chi connectivity index (χ1v) is 13.8. The number of amides is 2. The van der Waals surface area contributed by atoms with Crippen molar-refractivity contribution in [2.75, 3.05) is 20.8 Å². The number of likely N-dealkylation sites (N-methyl/N-ethyl adjacent to an activating group) is 2. The molecule has 11 N–H and O–H groups in total. The number of nitrogens with one attached hydrogen (secondary N) is 2. The quantitative estimate of drug-likeness (QED) is 0.168. The average Bonchev–Trinajstić information content (AvgIpc) is 2.98. The predicted molar refractivity (Wildman–Crippen MR) is 167 cm³/mol. The number of benzene rings is 3. The molecule has 10 nitrogen and oxygen atoms in total. The third kappa shape index (κ3) is 12.2. The fourth-order valence-corrected chi connectivity index (χ4v) is 3.91. The number of hydrogen-bond donors (Lipinski definition) is 8. The average molecular weight is 618 g/mol. The number of carbonyl (C=O) groups is 2. The molecule has 0 aromatic heterocycles. The number of aromatic hydroxyl groups is 3. The van der Waals surface area contributed by atoms with Crippen LogP contribution in [-0.4, -0.2) is 64.8 Å². The predicted octanol–water partition coefficient (Wildman–Crippen LogP) is 2.89. The van der Waals surface area contributed by atoms with Gasteiger partial charge in [-0.25, -0.2) is 8.78 Å². The first-order chi connectivity index (χ1) is 20.4. The minimum Gasteiger partial charge on any atom is -0.508 e. The lowest BCUT2D eigenvalue weighted by Gasteiger charge is -2.24. The van der Waals surface area contributed by atoms with Crippen LogP contribution in [0.4, 0.5) is 8.78 Å². The minimum atomic E-state index is -1.73. The Bertz CT molecular complexity index is 1310. The molecule has 242 valence electrons. The largest absolute Gasteiger partial charge is 0.508 e. The lowest BCUT2D eigenvalue weighted by molar-refractivity contribution is -0.126. The Hall–Kier alpha value is -4.26. The van der Waals surface area contributed by atoms with Gasteiger partial charge in [0.1, 0.15) is 29.5 Å². The van der Waals surface area contributed by atoms with Gasteiger partial charge in [-0.2, -0.15) is 0 Å². The van der Waals surface area contributed by atoms with Crippen LogP contribution in [0, 0.1) is 0 Å². The van der Waals surface area contributed by atoms with Crippen molar-refractivity contribution in [2.24, 2.45) is 17.2 Å². The van der Waals surface area contributed by atoms with E-state index in [4.69, 9.17) is 32.5 Å². The molecule has 0 heterocycles. The highest BCUT2D eigenvalue weighted by atomic mass is 19.1. The van der Waals surface area contributed by atoms with Crippen molar-refractivity contribution in [3.63, 3.8) is 0 Å². The van der Waals surface area contributed by atoms with Gasteiger partial charge in [-0.1, -0.05) is 43.3 Å². The van der Waals surface area contributed by atoms with Gasteiger partial charge in [0.05, 0.1) is 5.54 Å². The van der Waals surface area contributed by atoms with E-state index in [1.54, 1.807) is 69.4 Å². The fraction of sp³-hybridized carbons (Fsp3) is 0.375. The third-order valence-electron chi connectivity index (χ3n) is 6.87. The molecule has 3 aromatic carbocycles. The third-order valence-corrected chi connectivity index (χ3v) is 6.87. The second-order valence-corrected chi connectivity index (χ2v) is 11.0. The van der Waals surface area contributed by atoms with Gasteiger partial charge < -0.3 is 37.4 Å². The Balaban J connectivity index is 0.000000332. The van der Waals surface area contributed by atoms with Gasteiger partial charge >= 0.3 is 0 Å². The molecule has 0 saturated carbocycles. The number of phenolic OH excluding ortho intramolecular Hbond substituents is 3. The Labute approximate surface area is 257 Å². The van der Waals surface area contributed by atoms with Crippen LogP contribution in [0.3, 0.4) is 0 Å². The molecule has 44 heavy (non-hydrogen) atoms. The Morgan fingerprint density at radius 3 is 1.43 bits per heavy atom. The smallest absolute Gasteiger partial charge is 0.242 e. The molecular formula is C32H45F2N5O5. The van der Waals surface area contributed by atoms with Crippen LogP contribution in [0.2, 0.25) is 0 Å². The molecule has 0 radical (unpaired) electrons. The normalized spacial score (nSPS) is 15.3. The summed E-state index contributed by atoms with van der Waals surface area (Å²) in [5.74, 6) is -2.35. The van der Waals surface area contributed by atoms with Gasteiger partial charge in [0, 0.05) is 26.4 Å². The summed E-state index contributed by atoms with van der Waals surface area (Å²) in [6.45, 7) is 3.79. The van der Waals surface area contributed by atoms with Crippen molar-refractivity contribution in [1.82, 2.24) is 10.6 Å². The molecule has 0 fully saturated rings. The molecule has 3 rings (SSSR count). The highest BCUT2D eigenvalue weighted by Gasteiger charge is 2.33. The maximum atomic E-state index is 13.3.